The quantitative estimate of drug-likeness (QED) is 0.378. The predicted octanol–water partition coefficient (Wildman–Crippen LogP) is 0.924. The molecule has 0 heterocycles. The molecule has 1 aromatic rings. The second-order valence-electron chi connectivity index (χ2n) is 1.97. The van der Waals surface area contributed by atoms with Crippen molar-refractivity contribution < 1.29 is 9.18 Å². The molecule has 11 heavy (non-hydrogen) atoms. The average Bonchev–Trinajstić information content (AvgIpc) is 2.05. The molecule has 0 aliphatic rings. The van der Waals surface area contributed by atoms with E-state index in [0.717, 1.165) is 0 Å². The van der Waals surface area contributed by atoms with Crippen molar-refractivity contribution in [1.29, 1.82) is 0 Å². The molecule has 0 saturated heterocycles. The van der Waals surface area contributed by atoms with Crippen LogP contribution in [0.15, 0.2) is 18.2 Å². The summed E-state index contributed by atoms with van der Waals surface area (Å²) in [6.45, 7) is 0. The Morgan fingerprint density at radius 2 is 2.27 bits per heavy atom. The minimum Gasteiger partial charge on any atom is -0.321 e. The van der Waals surface area contributed by atoms with Crippen LogP contribution in [0.2, 0.25) is 0 Å². The van der Waals surface area contributed by atoms with Crippen LogP contribution in [0.25, 0.3) is 0 Å². The third kappa shape index (κ3) is 1.35. The Labute approximate surface area is 63.0 Å². The second kappa shape index (κ2) is 3.12. The van der Waals surface area contributed by atoms with E-state index in [9.17, 15) is 9.18 Å². The number of rotatable bonds is 2. The summed E-state index contributed by atoms with van der Waals surface area (Å²) >= 11 is 0. The van der Waals surface area contributed by atoms with E-state index in [0.29, 0.717) is 6.29 Å². The van der Waals surface area contributed by atoms with Crippen molar-refractivity contribution in [3.8, 4) is 0 Å². The summed E-state index contributed by atoms with van der Waals surface area (Å²) in [5.41, 5.74) is 2.26. The summed E-state index contributed by atoms with van der Waals surface area (Å²) < 4.78 is 12.9. The molecule has 3 N–H and O–H groups in total. The zero-order valence-electron chi connectivity index (χ0n) is 5.67. The summed E-state index contributed by atoms with van der Waals surface area (Å²) in [6.07, 6.45) is 0.441. The molecule has 0 aliphatic carbocycles. The van der Waals surface area contributed by atoms with Crippen molar-refractivity contribution in [3.05, 3.63) is 29.6 Å². The molecule has 0 spiro atoms. The van der Waals surface area contributed by atoms with Crippen molar-refractivity contribution in [1.82, 2.24) is 0 Å². The van der Waals surface area contributed by atoms with E-state index in [1.54, 1.807) is 6.07 Å². The number of nitrogens with one attached hydrogen (secondary N) is 1. The average molecular weight is 154 g/mol. The summed E-state index contributed by atoms with van der Waals surface area (Å²) in [6, 6.07) is 4.37. The number of carbonyl (C=O) groups is 1. The number of hydrazine groups is 1. The highest BCUT2D eigenvalue weighted by Gasteiger charge is 2.04. The Bertz CT molecular complexity index is 275. The maximum absolute atomic E-state index is 12.9. The Kier molecular flexibility index (Phi) is 2.18. The molecule has 1 rings (SSSR count). The van der Waals surface area contributed by atoms with Crippen LogP contribution in [0.4, 0.5) is 10.1 Å². The van der Waals surface area contributed by atoms with Crippen LogP contribution >= 0.6 is 0 Å². The zero-order valence-corrected chi connectivity index (χ0v) is 5.67. The lowest BCUT2D eigenvalue weighted by molar-refractivity contribution is 0.112. The fourth-order valence-corrected chi connectivity index (χ4v) is 0.752. The lowest BCUT2D eigenvalue weighted by atomic mass is 10.2. The summed E-state index contributed by atoms with van der Waals surface area (Å²) in [4.78, 5) is 10.2. The van der Waals surface area contributed by atoms with Gasteiger partial charge >= 0.3 is 0 Å². The third-order valence-electron chi connectivity index (χ3n) is 1.31. The van der Waals surface area contributed by atoms with Gasteiger partial charge in [0, 0.05) is 0 Å². The number of benzene rings is 1. The van der Waals surface area contributed by atoms with Gasteiger partial charge in [-0.15, -0.1) is 0 Å². The normalized spacial score (nSPS) is 9.27. The number of nitrogen functional groups attached to an aromatic ring is 1. The molecule has 0 radical (unpaired) electrons. The minimum absolute atomic E-state index is 0.000417. The number of anilines is 1. The van der Waals surface area contributed by atoms with Gasteiger partial charge in [0.15, 0.2) is 12.1 Å². The van der Waals surface area contributed by atoms with Gasteiger partial charge in [-0.2, -0.15) is 0 Å². The summed E-state index contributed by atoms with van der Waals surface area (Å²) in [5, 5.41) is 0. The van der Waals surface area contributed by atoms with Gasteiger partial charge in [0.1, 0.15) is 0 Å². The van der Waals surface area contributed by atoms with Crippen molar-refractivity contribution in [2.24, 2.45) is 5.84 Å². The largest absolute Gasteiger partial charge is 0.321 e. The van der Waals surface area contributed by atoms with Gasteiger partial charge in [0.05, 0.1) is 11.3 Å². The number of hydrogen-bond acceptors (Lipinski definition) is 3. The standard InChI is InChI=1S/C7H7FN2O/c8-7-5(4-11)2-1-3-6(7)10-9/h1-4,10H,9H2. The molecule has 4 heteroatoms. The van der Waals surface area contributed by atoms with Gasteiger partial charge in [-0.3, -0.25) is 10.6 Å². The molecular formula is C7H7FN2O. The predicted molar refractivity (Wildman–Crippen MR) is 39.6 cm³/mol. The van der Waals surface area contributed by atoms with Crippen LogP contribution in [0.5, 0.6) is 0 Å². The molecule has 0 atom stereocenters. The van der Waals surface area contributed by atoms with Gasteiger partial charge in [0.25, 0.3) is 0 Å². The fraction of sp³-hybridized carbons (Fsp3) is 0. The lowest BCUT2D eigenvalue weighted by Gasteiger charge is -2.01. The summed E-state index contributed by atoms with van der Waals surface area (Å²) in [7, 11) is 0. The van der Waals surface area contributed by atoms with Crippen LogP contribution in [-0.4, -0.2) is 6.29 Å². The number of hydrogen-bond donors (Lipinski definition) is 2. The third-order valence-corrected chi connectivity index (χ3v) is 1.31. The van der Waals surface area contributed by atoms with Gasteiger partial charge in [0.2, 0.25) is 0 Å². The Hall–Kier alpha value is -1.42. The number of nitrogens with two attached hydrogens (primary N) is 1. The minimum atomic E-state index is -0.620. The van der Waals surface area contributed by atoms with Gasteiger partial charge < -0.3 is 5.43 Å². The summed E-state index contributed by atoms with van der Waals surface area (Å²) in [5.74, 6) is 4.35. The Balaban J connectivity index is 3.20. The SMILES string of the molecule is NNc1cccc(C=O)c1F. The number of halogens is 1. The molecule has 58 valence electrons. The Morgan fingerprint density at radius 3 is 2.82 bits per heavy atom. The van der Waals surface area contributed by atoms with Crippen molar-refractivity contribution in [3.63, 3.8) is 0 Å². The van der Waals surface area contributed by atoms with Crippen molar-refractivity contribution in [2.45, 2.75) is 0 Å². The lowest BCUT2D eigenvalue weighted by Crippen LogP contribution is -2.09. The van der Waals surface area contributed by atoms with Crippen LogP contribution < -0.4 is 11.3 Å². The molecule has 0 aromatic heterocycles. The molecule has 0 unspecified atom stereocenters. The first kappa shape index (κ1) is 7.68. The zero-order chi connectivity index (χ0) is 8.27. The highest BCUT2D eigenvalue weighted by molar-refractivity contribution is 5.77. The first-order chi connectivity index (χ1) is 5.29. The first-order valence-electron chi connectivity index (χ1n) is 3.00. The molecule has 0 fully saturated rings. The van der Waals surface area contributed by atoms with Crippen molar-refractivity contribution in [2.75, 3.05) is 5.43 Å². The maximum atomic E-state index is 12.9. The van der Waals surface area contributed by atoms with Crippen molar-refractivity contribution >= 4 is 12.0 Å². The van der Waals surface area contributed by atoms with Crippen LogP contribution in [0, 0.1) is 5.82 Å². The van der Waals surface area contributed by atoms with Gasteiger partial charge in [-0.05, 0) is 12.1 Å². The highest BCUT2D eigenvalue weighted by Crippen LogP contribution is 2.14. The van der Waals surface area contributed by atoms with E-state index in [4.69, 9.17) is 5.84 Å². The highest BCUT2D eigenvalue weighted by atomic mass is 19.1. The molecule has 0 amide bonds. The number of carbonyl (C=O) groups excluding carboxylic acids is 1. The monoisotopic (exact) mass is 154 g/mol. The first-order valence-corrected chi connectivity index (χ1v) is 3.00. The second-order valence-corrected chi connectivity index (χ2v) is 1.97. The fourth-order valence-electron chi connectivity index (χ4n) is 0.752. The van der Waals surface area contributed by atoms with E-state index >= 15 is 0 Å². The molecule has 3 nitrogen and oxygen atoms in total. The number of aldehydes is 1. The van der Waals surface area contributed by atoms with E-state index < -0.39 is 5.82 Å². The van der Waals surface area contributed by atoms with Gasteiger partial charge in [-0.25, -0.2) is 4.39 Å². The maximum Gasteiger partial charge on any atom is 0.158 e. The van der Waals surface area contributed by atoms with Crippen LogP contribution in [0.1, 0.15) is 10.4 Å². The van der Waals surface area contributed by atoms with Crippen LogP contribution in [-0.2, 0) is 0 Å². The topological polar surface area (TPSA) is 55.1 Å². The smallest absolute Gasteiger partial charge is 0.158 e. The van der Waals surface area contributed by atoms with Gasteiger partial charge in [-0.1, -0.05) is 6.07 Å². The molecule has 1 aromatic carbocycles. The van der Waals surface area contributed by atoms with E-state index in [1.807, 2.05) is 0 Å². The molecule has 0 saturated carbocycles. The molecular weight excluding hydrogens is 147 g/mol. The van der Waals surface area contributed by atoms with E-state index in [1.165, 1.54) is 12.1 Å². The van der Waals surface area contributed by atoms with Crippen LogP contribution in [0.3, 0.4) is 0 Å². The molecule has 0 bridgehead atoms. The Morgan fingerprint density at radius 1 is 1.55 bits per heavy atom. The van der Waals surface area contributed by atoms with E-state index in [2.05, 4.69) is 5.43 Å². The molecule has 0 aliphatic heterocycles. The van der Waals surface area contributed by atoms with E-state index in [-0.39, 0.29) is 11.3 Å².